The lowest BCUT2D eigenvalue weighted by Crippen LogP contribution is -2.51. The Kier molecular flexibility index (Phi) is 8.77. The Balaban J connectivity index is 1.25. The number of hydrogen-bond donors (Lipinski definition) is 2. The van der Waals surface area contributed by atoms with E-state index in [0.29, 0.717) is 51.6 Å². The van der Waals surface area contributed by atoms with Gasteiger partial charge in [0.15, 0.2) is 11.5 Å². The van der Waals surface area contributed by atoms with Gasteiger partial charge in [0.1, 0.15) is 5.82 Å². The number of amides is 2. The van der Waals surface area contributed by atoms with Crippen LogP contribution in [0.15, 0.2) is 42.5 Å². The molecule has 4 rings (SSSR count). The summed E-state index contributed by atoms with van der Waals surface area (Å²) in [5.41, 5.74) is 1.44. The van der Waals surface area contributed by atoms with Crippen molar-refractivity contribution < 1.29 is 23.5 Å². The Labute approximate surface area is 211 Å². The second-order valence-corrected chi connectivity index (χ2v) is 9.66. The first-order chi connectivity index (χ1) is 17.4. The van der Waals surface area contributed by atoms with Gasteiger partial charge < -0.3 is 20.1 Å². The molecular formula is C27H35FN4O4. The van der Waals surface area contributed by atoms with Gasteiger partial charge in [-0.3, -0.25) is 19.4 Å². The summed E-state index contributed by atoms with van der Waals surface area (Å²) in [7, 11) is 0. The molecule has 0 aromatic heterocycles. The zero-order valence-corrected chi connectivity index (χ0v) is 21.0. The van der Waals surface area contributed by atoms with Crippen LogP contribution < -0.4 is 20.1 Å². The summed E-state index contributed by atoms with van der Waals surface area (Å²) in [6.45, 7) is 8.71. The second kappa shape index (κ2) is 12.2. The van der Waals surface area contributed by atoms with E-state index < -0.39 is 0 Å². The molecule has 2 aromatic carbocycles. The Morgan fingerprint density at radius 1 is 0.917 bits per heavy atom. The molecule has 36 heavy (non-hydrogen) atoms. The number of ether oxygens (including phenoxy) is 2. The van der Waals surface area contributed by atoms with Gasteiger partial charge in [-0.05, 0) is 41.8 Å². The summed E-state index contributed by atoms with van der Waals surface area (Å²) in [5.74, 6) is 1.07. The molecule has 0 spiro atoms. The number of anilines is 1. The summed E-state index contributed by atoms with van der Waals surface area (Å²) >= 11 is 0. The van der Waals surface area contributed by atoms with Crippen LogP contribution in [0.1, 0.15) is 31.9 Å². The van der Waals surface area contributed by atoms with Crippen molar-refractivity contribution >= 4 is 17.5 Å². The molecule has 2 aliphatic heterocycles. The third-order valence-electron chi connectivity index (χ3n) is 6.42. The summed E-state index contributed by atoms with van der Waals surface area (Å²) in [6, 6.07) is 11.6. The van der Waals surface area contributed by atoms with Crippen LogP contribution in [0.3, 0.4) is 0 Å². The molecule has 194 valence electrons. The fraction of sp³-hybridized carbons (Fsp3) is 0.481. The highest BCUT2D eigenvalue weighted by atomic mass is 19.1. The smallest absolute Gasteiger partial charge is 0.238 e. The predicted molar refractivity (Wildman–Crippen MR) is 136 cm³/mol. The highest BCUT2D eigenvalue weighted by Crippen LogP contribution is 2.34. The van der Waals surface area contributed by atoms with E-state index in [1.54, 1.807) is 12.1 Å². The molecule has 1 atom stereocenters. The van der Waals surface area contributed by atoms with Crippen LogP contribution in [0.5, 0.6) is 11.5 Å². The summed E-state index contributed by atoms with van der Waals surface area (Å²) in [5, 5.41) is 5.92. The van der Waals surface area contributed by atoms with E-state index in [9.17, 15) is 14.0 Å². The lowest BCUT2D eigenvalue weighted by atomic mass is 9.95. The van der Waals surface area contributed by atoms with Gasteiger partial charge in [0.25, 0.3) is 0 Å². The van der Waals surface area contributed by atoms with Crippen LogP contribution in [0.2, 0.25) is 0 Å². The number of fused-ring (bicyclic) bond motifs is 1. The van der Waals surface area contributed by atoms with E-state index in [2.05, 4.69) is 29.4 Å². The molecule has 9 heteroatoms. The van der Waals surface area contributed by atoms with Crippen molar-refractivity contribution in [2.24, 2.45) is 5.92 Å². The van der Waals surface area contributed by atoms with Crippen LogP contribution >= 0.6 is 0 Å². The highest BCUT2D eigenvalue weighted by molar-refractivity contribution is 5.92. The lowest BCUT2D eigenvalue weighted by Gasteiger charge is -2.34. The Bertz CT molecular complexity index is 1060. The van der Waals surface area contributed by atoms with E-state index in [1.807, 2.05) is 23.1 Å². The minimum atomic E-state index is -0.385. The molecule has 8 nitrogen and oxygen atoms in total. The van der Waals surface area contributed by atoms with Crippen molar-refractivity contribution in [2.75, 3.05) is 57.8 Å². The van der Waals surface area contributed by atoms with E-state index >= 15 is 0 Å². The third kappa shape index (κ3) is 7.18. The summed E-state index contributed by atoms with van der Waals surface area (Å²) < 4.78 is 24.9. The topological polar surface area (TPSA) is 83.1 Å². The van der Waals surface area contributed by atoms with Gasteiger partial charge in [-0.1, -0.05) is 26.0 Å². The summed E-state index contributed by atoms with van der Waals surface area (Å²) in [4.78, 5) is 29.4. The molecule has 0 unspecified atom stereocenters. The Morgan fingerprint density at radius 3 is 2.25 bits per heavy atom. The predicted octanol–water partition coefficient (Wildman–Crippen LogP) is 3.06. The molecule has 1 saturated heterocycles. The Hall–Kier alpha value is -3.17. The average molecular weight is 499 g/mol. The largest absolute Gasteiger partial charge is 0.490 e. The maximum Gasteiger partial charge on any atom is 0.238 e. The quantitative estimate of drug-likeness (QED) is 0.582. The van der Waals surface area contributed by atoms with E-state index in [0.717, 1.165) is 23.5 Å². The monoisotopic (exact) mass is 498 g/mol. The van der Waals surface area contributed by atoms with E-state index in [1.165, 1.54) is 12.1 Å². The van der Waals surface area contributed by atoms with Crippen LogP contribution in [0, 0.1) is 11.7 Å². The lowest BCUT2D eigenvalue weighted by molar-refractivity contribution is -0.124. The number of rotatable bonds is 8. The molecule has 2 aromatic rings. The van der Waals surface area contributed by atoms with E-state index in [-0.39, 0.29) is 36.1 Å². The minimum Gasteiger partial charge on any atom is -0.490 e. The first-order valence-corrected chi connectivity index (χ1v) is 12.6. The number of benzene rings is 2. The summed E-state index contributed by atoms with van der Waals surface area (Å²) in [6.07, 6.45) is 0.847. The zero-order valence-electron chi connectivity index (χ0n) is 21.0. The second-order valence-electron chi connectivity index (χ2n) is 9.66. The van der Waals surface area contributed by atoms with Gasteiger partial charge in [0, 0.05) is 38.3 Å². The van der Waals surface area contributed by atoms with Crippen LogP contribution in [0.25, 0.3) is 0 Å². The first-order valence-electron chi connectivity index (χ1n) is 12.6. The average Bonchev–Trinajstić information content (AvgIpc) is 3.08. The van der Waals surface area contributed by atoms with Crippen LogP contribution in [-0.4, -0.2) is 74.1 Å². The van der Waals surface area contributed by atoms with E-state index in [4.69, 9.17) is 9.47 Å². The molecule has 2 N–H and O–H groups in total. The molecule has 0 radical (unpaired) electrons. The number of carbonyl (C=O) groups is 2. The van der Waals surface area contributed by atoms with Gasteiger partial charge >= 0.3 is 0 Å². The number of carbonyl (C=O) groups excluding carboxylic acids is 2. The van der Waals surface area contributed by atoms with Crippen molar-refractivity contribution in [3.8, 4) is 11.5 Å². The maximum atomic E-state index is 13.3. The molecule has 2 aliphatic rings. The SMILES string of the molecule is CC(C)[C@H](NC(=O)CN1CCN(CC(=O)Nc2cccc(F)c2)CC1)c1ccc2c(c1)OCCCO2. The van der Waals surface area contributed by atoms with Crippen molar-refractivity contribution in [1.82, 2.24) is 15.1 Å². The van der Waals surface area contributed by atoms with Gasteiger partial charge in [-0.25, -0.2) is 4.39 Å². The van der Waals surface area contributed by atoms with Crippen LogP contribution in [0.4, 0.5) is 10.1 Å². The maximum absolute atomic E-state index is 13.3. The molecule has 0 saturated carbocycles. The number of piperazine rings is 1. The fourth-order valence-electron chi connectivity index (χ4n) is 4.51. The highest BCUT2D eigenvalue weighted by Gasteiger charge is 2.24. The van der Waals surface area contributed by atoms with Crippen molar-refractivity contribution in [3.05, 3.63) is 53.8 Å². The third-order valence-corrected chi connectivity index (χ3v) is 6.42. The number of halogens is 1. The minimum absolute atomic E-state index is 0.0295. The molecule has 0 bridgehead atoms. The molecule has 2 heterocycles. The molecule has 2 amide bonds. The molecule has 1 fully saturated rings. The van der Waals surface area contributed by atoms with Crippen LogP contribution in [-0.2, 0) is 9.59 Å². The zero-order chi connectivity index (χ0) is 25.5. The van der Waals surface area contributed by atoms with Crippen molar-refractivity contribution in [2.45, 2.75) is 26.3 Å². The molecule has 0 aliphatic carbocycles. The number of nitrogens with one attached hydrogen (secondary N) is 2. The van der Waals surface area contributed by atoms with Gasteiger partial charge in [0.2, 0.25) is 11.8 Å². The number of nitrogens with zero attached hydrogens (tertiary/aromatic N) is 2. The van der Waals surface area contributed by atoms with Crippen molar-refractivity contribution in [3.63, 3.8) is 0 Å². The first kappa shape index (κ1) is 25.9. The fourth-order valence-corrected chi connectivity index (χ4v) is 4.51. The van der Waals surface area contributed by atoms with Gasteiger partial charge in [-0.2, -0.15) is 0 Å². The van der Waals surface area contributed by atoms with Gasteiger partial charge in [-0.15, -0.1) is 0 Å². The number of hydrogen-bond acceptors (Lipinski definition) is 6. The standard InChI is InChI=1S/C27H35FN4O4/c1-19(2)27(20-7-8-23-24(15-20)36-14-4-13-35-23)30-26(34)18-32-11-9-31(10-12-32)17-25(33)29-22-6-3-5-21(28)16-22/h3,5-8,15-16,19,27H,4,9-14,17-18H2,1-2H3,(H,29,33)(H,30,34)/t27-/m0/s1. The van der Waals surface area contributed by atoms with Crippen molar-refractivity contribution in [1.29, 1.82) is 0 Å². The normalized spacial score (nSPS) is 17.3. The Morgan fingerprint density at radius 2 is 1.58 bits per heavy atom. The van der Waals surface area contributed by atoms with Gasteiger partial charge in [0.05, 0.1) is 32.3 Å². The molecular weight excluding hydrogens is 463 g/mol.